The molecule has 1 aromatic carbocycles. The van der Waals surface area contributed by atoms with Crippen molar-refractivity contribution >= 4 is 0 Å². The third-order valence-corrected chi connectivity index (χ3v) is 3.30. The van der Waals surface area contributed by atoms with Crippen LogP contribution in [0.5, 0.6) is 0 Å². The van der Waals surface area contributed by atoms with Gasteiger partial charge in [0.1, 0.15) is 0 Å². The SMILES string of the molecule is CCCCCCC(Cc1ccc(C)cc1)OC. The zero-order valence-electron chi connectivity index (χ0n) is 11.5. The normalized spacial score (nSPS) is 12.6. The number of hydrogen-bond acceptors (Lipinski definition) is 1. The summed E-state index contributed by atoms with van der Waals surface area (Å²) >= 11 is 0. The fourth-order valence-corrected chi connectivity index (χ4v) is 2.09. The fraction of sp³-hybridized carbons (Fsp3) is 0.625. The Kier molecular flexibility index (Phi) is 6.95. The molecule has 0 saturated carbocycles. The standard InChI is InChI=1S/C16H26O/c1-4-5-6-7-8-16(17-3)13-15-11-9-14(2)10-12-15/h9-12,16H,4-8,13H2,1-3H3. The molecule has 0 saturated heterocycles. The molecule has 0 aliphatic rings. The second kappa shape index (κ2) is 8.30. The maximum Gasteiger partial charge on any atom is 0.0611 e. The molecule has 0 heterocycles. The van der Waals surface area contributed by atoms with Crippen molar-refractivity contribution in [2.45, 2.75) is 58.5 Å². The van der Waals surface area contributed by atoms with Gasteiger partial charge in [0, 0.05) is 7.11 Å². The van der Waals surface area contributed by atoms with Gasteiger partial charge in [0.2, 0.25) is 0 Å². The summed E-state index contributed by atoms with van der Waals surface area (Å²) < 4.78 is 5.56. The van der Waals surface area contributed by atoms with Gasteiger partial charge in [0.25, 0.3) is 0 Å². The van der Waals surface area contributed by atoms with Crippen LogP contribution in [0.3, 0.4) is 0 Å². The van der Waals surface area contributed by atoms with Crippen LogP contribution < -0.4 is 0 Å². The van der Waals surface area contributed by atoms with Gasteiger partial charge in [-0.25, -0.2) is 0 Å². The third-order valence-electron chi connectivity index (χ3n) is 3.30. The number of benzene rings is 1. The van der Waals surface area contributed by atoms with Gasteiger partial charge in [-0.3, -0.25) is 0 Å². The first-order valence-corrected chi connectivity index (χ1v) is 6.84. The molecule has 0 bridgehead atoms. The molecule has 0 aliphatic carbocycles. The molecule has 1 aromatic rings. The quantitative estimate of drug-likeness (QED) is 0.601. The summed E-state index contributed by atoms with van der Waals surface area (Å²) in [6.07, 6.45) is 7.89. The second-order valence-electron chi connectivity index (χ2n) is 4.90. The van der Waals surface area contributed by atoms with Crippen molar-refractivity contribution in [3.8, 4) is 0 Å². The predicted molar refractivity (Wildman–Crippen MR) is 74.4 cm³/mol. The van der Waals surface area contributed by atoms with Gasteiger partial charge in [-0.2, -0.15) is 0 Å². The van der Waals surface area contributed by atoms with Gasteiger partial charge < -0.3 is 4.74 Å². The van der Waals surface area contributed by atoms with Crippen molar-refractivity contribution in [1.29, 1.82) is 0 Å². The van der Waals surface area contributed by atoms with Gasteiger partial charge in [-0.05, 0) is 25.3 Å². The van der Waals surface area contributed by atoms with Crippen LogP contribution >= 0.6 is 0 Å². The molecule has 1 nitrogen and oxygen atoms in total. The zero-order chi connectivity index (χ0) is 12.5. The molecule has 0 aromatic heterocycles. The zero-order valence-corrected chi connectivity index (χ0v) is 11.5. The molecular formula is C16H26O. The number of rotatable bonds is 8. The maximum absolute atomic E-state index is 5.56. The van der Waals surface area contributed by atoms with Crippen LogP contribution in [0.25, 0.3) is 0 Å². The minimum atomic E-state index is 0.384. The van der Waals surface area contributed by atoms with Crippen LogP contribution in [0.4, 0.5) is 0 Å². The van der Waals surface area contributed by atoms with E-state index in [1.54, 1.807) is 0 Å². The highest BCUT2D eigenvalue weighted by molar-refractivity contribution is 5.21. The molecule has 0 amide bonds. The lowest BCUT2D eigenvalue weighted by molar-refractivity contribution is 0.0931. The van der Waals surface area contributed by atoms with Crippen molar-refractivity contribution in [2.24, 2.45) is 0 Å². The van der Waals surface area contributed by atoms with Crippen LogP contribution in [-0.4, -0.2) is 13.2 Å². The van der Waals surface area contributed by atoms with E-state index in [1.165, 1.54) is 43.2 Å². The Bertz CT molecular complexity index is 289. The van der Waals surface area contributed by atoms with E-state index >= 15 is 0 Å². The Morgan fingerprint density at radius 3 is 2.35 bits per heavy atom. The highest BCUT2D eigenvalue weighted by atomic mass is 16.5. The average Bonchev–Trinajstić information content (AvgIpc) is 2.35. The van der Waals surface area contributed by atoms with Crippen LogP contribution in [0, 0.1) is 6.92 Å². The molecule has 96 valence electrons. The van der Waals surface area contributed by atoms with Crippen molar-refractivity contribution in [3.63, 3.8) is 0 Å². The van der Waals surface area contributed by atoms with E-state index in [4.69, 9.17) is 4.74 Å². The summed E-state index contributed by atoms with van der Waals surface area (Å²) in [6, 6.07) is 8.79. The molecule has 1 heteroatoms. The molecular weight excluding hydrogens is 208 g/mol. The smallest absolute Gasteiger partial charge is 0.0611 e. The molecule has 0 aliphatic heterocycles. The summed E-state index contributed by atoms with van der Waals surface area (Å²) in [6.45, 7) is 4.38. The molecule has 0 N–H and O–H groups in total. The van der Waals surface area contributed by atoms with Gasteiger partial charge in [-0.1, -0.05) is 62.4 Å². The first kappa shape index (κ1) is 14.2. The highest BCUT2D eigenvalue weighted by Gasteiger charge is 2.07. The van der Waals surface area contributed by atoms with E-state index in [9.17, 15) is 0 Å². The number of ether oxygens (including phenoxy) is 1. The van der Waals surface area contributed by atoms with Crippen LogP contribution in [0.15, 0.2) is 24.3 Å². The first-order chi connectivity index (χ1) is 8.26. The monoisotopic (exact) mass is 234 g/mol. The minimum absolute atomic E-state index is 0.384. The fourth-order valence-electron chi connectivity index (χ4n) is 2.09. The molecule has 17 heavy (non-hydrogen) atoms. The Balaban J connectivity index is 2.33. The highest BCUT2D eigenvalue weighted by Crippen LogP contribution is 2.13. The van der Waals surface area contributed by atoms with Gasteiger partial charge in [0.15, 0.2) is 0 Å². The molecule has 0 spiro atoms. The van der Waals surface area contributed by atoms with E-state index in [2.05, 4.69) is 38.1 Å². The van der Waals surface area contributed by atoms with Crippen molar-refractivity contribution in [1.82, 2.24) is 0 Å². The number of hydrogen-bond donors (Lipinski definition) is 0. The average molecular weight is 234 g/mol. The summed E-state index contributed by atoms with van der Waals surface area (Å²) in [5, 5.41) is 0. The van der Waals surface area contributed by atoms with Crippen molar-refractivity contribution in [3.05, 3.63) is 35.4 Å². The Labute approximate surface area is 106 Å². The largest absolute Gasteiger partial charge is 0.381 e. The Hall–Kier alpha value is -0.820. The minimum Gasteiger partial charge on any atom is -0.381 e. The maximum atomic E-state index is 5.56. The number of aryl methyl sites for hydroxylation is 1. The summed E-state index contributed by atoms with van der Waals surface area (Å²) in [5.41, 5.74) is 2.71. The Morgan fingerprint density at radius 2 is 1.76 bits per heavy atom. The van der Waals surface area contributed by atoms with Crippen LogP contribution in [0.2, 0.25) is 0 Å². The van der Waals surface area contributed by atoms with E-state index in [0.29, 0.717) is 6.10 Å². The van der Waals surface area contributed by atoms with E-state index < -0.39 is 0 Å². The lowest BCUT2D eigenvalue weighted by Gasteiger charge is -2.15. The lowest BCUT2D eigenvalue weighted by Crippen LogP contribution is -2.13. The summed E-state index contributed by atoms with van der Waals surface area (Å²) in [7, 11) is 1.83. The second-order valence-corrected chi connectivity index (χ2v) is 4.90. The predicted octanol–water partition coefficient (Wildman–Crippen LogP) is 4.52. The van der Waals surface area contributed by atoms with E-state index in [-0.39, 0.29) is 0 Å². The van der Waals surface area contributed by atoms with Gasteiger partial charge in [-0.15, -0.1) is 0 Å². The Morgan fingerprint density at radius 1 is 1.06 bits per heavy atom. The molecule has 1 rings (SSSR count). The molecule has 1 unspecified atom stereocenters. The number of methoxy groups -OCH3 is 1. The number of unbranched alkanes of at least 4 members (excludes halogenated alkanes) is 3. The van der Waals surface area contributed by atoms with Crippen LogP contribution in [0.1, 0.15) is 50.2 Å². The van der Waals surface area contributed by atoms with Crippen molar-refractivity contribution in [2.75, 3.05) is 7.11 Å². The summed E-state index contributed by atoms with van der Waals surface area (Å²) in [5.74, 6) is 0. The lowest BCUT2D eigenvalue weighted by atomic mass is 10.0. The first-order valence-electron chi connectivity index (χ1n) is 6.84. The molecule has 0 radical (unpaired) electrons. The topological polar surface area (TPSA) is 9.23 Å². The van der Waals surface area contributed by atoms with Gasteiger partial charge in [0.05, 0.1) is 6.10 Å². The molecule has 1 atom stereocenters. The van der Waals surface area contributed by atoms with Gasteiger partial charge >= 0.3 is 0 Å². The molecule has 0 fully saturated rings. The summed E-state index contributed by atoms with van der Waals surface area (Å²) in [4.78, 5) is 0. The van der Waals surface area contributed by atoms with Crippen LogP contribution in [-0.2, 0) is 11.2 Å². The van der Waals surface area contributed by atoms with Crippen molar-refractivity contribution < 1.29 is 4.74 Å². The van der Waals surface area contributed by atoms with E-state index in [0.717, 1.165) is 6.42 Å². The van der Waals surface area contributed by atoms with E-state index in [1.807, 2.05) is 7.11 Å². The third kappa shape index (κ3) is 5.88.